The molecule has 0 radical (unpaired) electrons. The molecule has 0 unspecified atom stereocenters. The second-order valence-electron chi connectivity index (χ2n) is 12.4. The summed E-state index contributed by atoms with van der Waals surface area (Å²) in [4.78, 5) is 19.9. The highest BCUT2D eigenvalue weighted by molar-refractivity contribution is 5.96. The topological polar surface area (TPSA) is 74.6 Å². The molecule has 2 atom stereocenters. The Morgan fingerprint density at radius 2 is 1.41 bits per heavy atom. The molecule has 212 valence electrons. The van der Waals surface area contributed by atoms with Crippen molar-refractivity contribution in [3.63, 3.8) is 0 Å². The molecule has 0 heterocycles. The quantitative estimate of drug-likeness (QED) is 0.238. The molecule has 0 aliphatic heterocycles. The molecule has 41 heavy (non-hydrogen) atoms. The van der Waals surface area contributed by atoms with Gasteiger partial charge in [-0.3, -0.25) is 4.79 Å². The number of benzene rings is 4. The molecule has 2 N–H and O–H groups in total. The zero-order valence-electron chi connectivity index (χ0n) is 25.0. The third kappa shape index (κ3) is 5.95. The predicted molar refractivity (Wildman–Crippen MR) is 169 cm³/mol. The highest BCUT2D eigenvalue weighted by atomic mass is 16.3. The summed E-state index contributed by atoms with van der Waals surface area (Å²) in [6, 6.07) is 24.4. The van der Waals surface area contributed by atoms with E-state index in [9.17, 15) is 19.8 Å². The van der Waals surface area contributed by atoms with Gasteiger partial charge in [-0.25, -0.2) is 0 Å². The minimum Gasteiger partial charge on any atom is -0.388 e. The third-order valence-corrected chi connectivity index (χ3v) is 7.99. The number of aliphatic hydroxyl groups is 2. The largest absolute Gasteiger partial charge is 0.388 e. The predicted octanol–water partition coefficient (Wildman–Crippen LogP) is 7.76. The number of aldehydes is 1. The van der Waals surface area contributed by atoms with Crippen molar-refractivity contribution in [2.75, 3.05) is 0 Å². The molecule has 0 bridgehead atoms. The van der Waals surface area contributed by atoms with Crippen LogP contribution in [0.3, 0.4) is 0 Å². The molecule has 0 fully saturated rings. The summed E-state index contributed by atoms with van der Waals surface area (Å²) < 4.78 is 0. The number of aryl methyl sites for hydroxylation is 1. The van der Waals surface area contributed by atoms with Crippen LogP contribution in [0.25, 0.3) is 27.1 Å². The van der Waals surface area contributed by atoms with Gasteiger partial charge < -0.3 is 15.0 Å². The highest BCUT2D eigenvalue weighted by Gasteiger charge is 2.47. The standard InChI is InChI=1S/C23H26O2.C11H8O.C3H6O/c1-13-6-7-14-8-9-16-15-10-11-22(2,3)20(24)18(15)21(25)23(4,5)19(16)17(14)12-13;12-8-9-5-6-10-3-1-2-4-11(10)7-9;1-3(2)4/h6-12,20-21,24-25H,1-5H3;1-8H;1-2H3/t20-,21+;;/m1../s1. The Hall–Kier alpha value is -3.86. The Morgan fingerprint density at radius 3 is 2.07 bits per heavy atom. The minimum absolute atomic E-state index is 0.167. The summed E-state index contributed by atoms with van der Waals surface area (Å²) in [5.74, 6) is 0.167. The molecule has 0 aromatic heterocycles. The van der Waals surface area contributed by atoms with E-state index in [1.165, 1.54) is 41.1 Å². The molecule has 0 spiro atoms. The number of allylic oxidation sites excluding steroid dienone is 2. The van der Waals surface area contributed by atoms with Gasteiger partial charge in [0.1, 0.15) is 12.1 Å². The van der Waals surface area contributed by atoms with Crippen LogP contribution in [-0.2, 0) is 10.2 Å². The molecule has 2 aliphatic carbocycles. The fourth-order valence-electron chi connectivity index (χ4n) is 5.73. The van der Waals surface area contributed by atoms with Gasteiger partial charge in [0.05, 0.1) is 12.2 Å². The van der Waals surface area contributed by atoms with Crippen LogP contribution in [0.5, 0.6) is 0 Å². The Kier molecular flexibility index (Phi) is 8.49. The lowest BCUT2D eigenvalue weighted by atomic mass is 9.61. The molecule has 6 rings (SSSR count). The van der Waals surface area contributed by atoms with Crippen molar-refractivity contribution in [2.45, 2.75) is 66.1 Å². The molecule has 0 saturated heterocycles. The number of fused-ring (bicyclic) bond motifs is 5. The first-order valence-electron chi connectivity index (χ1n) is 14.0. The first kappa shape index (κ1) is 30.1. The van der Waals surface area contributed by atoms with Crippen LogP contribution < -0.4 is 0 Å². The molecule has 4 nitrogen and oxygen atoms in total. The number of ketones is 1. The maximum atomic E-state index is 11.3. The Bertz CT molecular complexity index is 1680. The Balaban J connectivity index is 0.000000201. The lowest BCUT2D eigenvalue weighted by Crippen LogP contribution is -2.47. The minimum atomic E-state index is -0.708. The van der Waals surface area contributed by atoms with E-state index in [-0.39, 0.29) is 11.2 Å². The maximum absolute atomic E-state index is 11.3. The molecule has 4 heteroatoms. The fraction of sp³-hybridized carbons (Fsp3) is 0.297. The Morgan fingerprint density at radius 1 is 0.805 bits per heavy atom. The summed E-state index contributed by atoms with van der Waals surface area (Å²) >= 11 is 0. The van der Waals surface area contributed by atoms with Gasteiger partial charge in [-0.05, 0) is 70.7 Å². The molecule has 0 amide bonds. The number of Topliss-reactive ketones (excluding diaryl/α,β-unsaturated/α-hetero) is 1. The van der Waals surface area contributed by atoms with Crippen molar-refractivity contribution in [2.24, 2.45) is 5.41 Å². The van der Waals surface area contributed by atoms with E-state index in [1.807, 2.05) is 56.3 Å². The summed E-state index contributed by atoms with van der Waals surface area (Å²) in [6.07, 6.45) is 3.63. The van der Waals surface area contributed by atoms with Crippen molar-refractivity contribution >= 4 is 39.2 Å². The average molecular weight is 549 g/mol. The van der Waals surface area contributed by atoms with Crippen LogP contribution in [0, 0.1) is 12.3 Å². The monoisotopic (exact) mass is 548 g/mol. The van der Waals surface area contributed by atoms with Crippen LogP contribution in [0.2, 0.25) is 0 Å². The molecular weight excluding hydrogens is 508 g/mol. The molecule has 4 aromatic carbocycles. The highest BCUT2D eigenvalue weighted by Crippen LogP contribution is 2.51. The third-order valence-electron chi connectivity index (χ3n) is 7.99. The second-order valence-corrected chi connectivity index (χ2v) is 12.4. The van der Waals surface area contributed by atoms with Crippen LogP contribution >= 0.6 is 0 Å². The van der Waals surface area contributed by atoms with E-state index >= 15 is 0 Å². The van der Waals surface area contributed by atoms with Crippen molar-refractivity contribution in [1.29, 1.82) is 0 Å². The van der Waals surface area contributed by atoms with Crippen LogP contribution in [0.4, 0.5) is 0 Å². The summed E-state index contributed by atoms with van der Waals surface area (Å²) in [7, 11) is 0. The molecule has 4 aromatic rings. The van der Waals surface area contributed by atoms with E-state index in [4.69, 9.17) is 0 Å². The molecule has 0 saturated carbocycles. The number of hydrogen-bond donors (Lipinski definition) is 2. The lowest BCUT2D eigenvalue weighted by Gasteiger charge is -2.46. The SMILES string of the molecule is CC(C)=O.Cc1ccc2ccc3c(c2c1)C(C)(C)[C@@H](O)C1=C3C=CC(C)(C)[C@@H]1O.O=Cc1ccc2ccccc2c1. The van der Waals surface area contributed by atoms with E-state index in [2.05, 4.69) is 63.3 Å². The van der Waals surface area contributed by atoms with Gasteiger partial charge in [-0.1, -0.05) is 112 Å². The number of rotatable bonds is 1. The van der Waals surface area contributed by atoms with Gasteiger partial charge in [-0.2, -0.15) is 0 Å². The van der Waals surface area contributed by atoms with E-state index in [0.717, 1.165) is 33.9 Å². The first-order chi connectivity index (χ1) is 19.3. The first-order valence-corrected chi connectivity index (χ1v) is 14.0. The van der Waals surface area contributed by atoms with E-state index < -0.39 is 17.6 Å². The zero-order valence-corrected chi connectivity index (χ0v) is 25.0. The molecule has 2 aliphatic rings. The number of hydrogen-bond acceptors (Lipinski definition) is 4. The van der Waals surface area contributed by atoms with E-state index in [1.54, 1.807) is 0 Å². The van der Waals surface area contributed by atoms with E-state index in [0.29, 0.717) is 0 Å². The summed E-state index contributed by atoms with van der Waals surface area (Å²) in [6.45, 7) is 13.3. The lowest BCUT2D eigenvalue weighted by molar-refractivity contribution is -0.115. The number of carbonyl (C=O) groups is 2. The average Bonchev–Trinajstić information content (AvgIpc) is 2.92. The number of aliphatic hydroxyl groups excluding tert-OH is 2. The van der Waals surface area contributed by atoms with Crippen molar-refractivity contribution in [3.8, 4) is 0 Å². The van der Waals surface area contributed by atoms with Gasteiger partial charge in [-0.15, -0.1) is 0 Å². The van der Waals surface area contributed by atoms with Gasteiger partial charge in [0.15, 0.2) is 0 Å². The van der Waals surface area contributed by atoms with Crippen LogP contribution in [0.1, 0.15) is 68.6 Å². The fourth-order valence-corrected chi connectivity index (χ4v) is 5.73. The summed E-state index contributed by atoms with van der Waals surface area (Å²) in [5.41, 5.74) is 5.16. The van der Waals surface area contributed by atoms with Gasteiger partial charge in [0.2, 0.25) is 0 Å². The number of carbonyl (C=O) groups excluding carboxylic acids is 2. The van der Waals surface area contributed by atoms with Gasteiger partial charge in [0.25, 0.3) is 0 Å². The normalized spacial score (nSPS) is 19.7. The van der Waals surface area contributed by atoms with Crippen molar-refractivity contribution in [3.05, 3.63) is 113 Å². The second kappa shape index (κ2) is 11.6. The van der Waals surface area contributed by atoms with Gasteiger partial charge >= 0.3 is 0 Å². The zero-order chi connectivity index (χ0) is 30.1. The summed E-state index contributed by atoms with van der Waals surface area (Å²) in [5, 5.41) is 26.9. The van der Waals surface area contributed by atoms with Crippen LogP contribution in [0.15, 0.2) is 90.5 Å². The Labute approximate surface area is 243 Å². The van der Waals surface area contributed by atoms with Crippen molar-refractivity contribution in [1.82, 2.24) is 0 Å². The maximum Gasteiger partial charge on any atom is 0.150 e. The smallest absolute Gasteiger partial charge is 0.150 e. The van der Waals surface area contributed by atoms with Crippen LogP contribution in [-0.4, -0.2) is 34.5 Å². The molecular formula is C37H40O4. The van der Waals surface area contributed by atoms with Gasteiger partial charge in [0, 0.05) is 16.4 Å². The van der Waals surface area contributed by atoms with Crippen molar-refractivity contribution < 1.29 is 19.8 Å².